The Labute approximate surface area is 172 Å². The number of hydrogen-bond acceptors (Lipinski definition) is 1. The van der Waals surface area contributed by atoms with Crippen molar-refractivity contribution in [3.63, 3.8) is 0 Å². The van der Waals surface area contributed by atoms with E-state index in [1.165, 1.54) is 0 Å². The van der Waals surface area contributed by atoms with E-state index in [1.54, 1.807) is 0 Å². The molecule has 0 spiro atoms. The van der Waals surface area contributed by atoms with E-state index >= 15 is 0 Å². The third-order valence-electron chi connectivity index (χ3n) is 4.84. The monoisotopic (exact) mass is 447 g/mol. The topological polar surface area (TPSA) is 3.24 Å². The maximum Gasteiger partial charge on any atom is 0.168 e. The molecule has 5 unspecified atom stereocenters. The van der Waals surface area contributed by atoms with Gasteiger partial charge in [0.05, 0.1) is 18.9 Å². The lowest BCUT2D eigenvalue weighted by Gasteiger charge is -2.29. The molecule has 30 heavy (non-hydrogen) atoms. The average molecular weight is 447 g/mol. The number of anilines is 1. The largest absolute Gasteiger partial charge is 0.366 e. The summed E-state index contributed by atoms with van der Waals surface area (Å²) in [4.78, 5) is 1.04. The molecule has 1 nitrogen and oxygen atoms in total. The van der Waals surface area contributed by atoms with E-state index in [4.69, 9.17) is 0 Å². The van der Waals surface area contributed by atoms with Gasteiger partial charge in [0, 0.05) is 12.6 Å². The molecule has 0 bridgehead atoms. The molecule has 0 saturated carbocycles. The number of benzene rings is 1. The molecule has 0 aliphatic heterocycles. The van der Waals surface area contributed by atoms with E-state index in [9.17, 15) is 35.1 Å². The van der Waals surface area contributed by atoms with Gasteiger partial charge in [0.15, 0.2) is 24.7 Å². The molecule has 5 atom stereocenters. The van der Waals surface area contributed by atoms with Gasteiger partial charge >= 0.3 is 0 Å². The van der Waals surface area contributed by atoms with Gasteiger partial charge < -0.3 is 4.90 Å². The summed E-state index contributed by atoms with van der Waals surface area (Å²) in [5.74, 6) is -1.66. The van der Waals surface area contributed by atoms with Crippen molar-refractivity contribution in [1.82, 2.24) is 0 Å². The Balaban J connectivity index is 2.86. The standard InChI is InChI=1S/C21H29F8N/c1-2-3-4-5-11-30(18-12-14(23)8-9-15(18)24)13-17(26)20(28)21(29)19(27)16(25)7-6-10-22/h8-9,12,16-17,19-21H,2-7,10-11,13H2,1H3. The van der Waals surface area contributed by atoms with E-state index in [-0.39, 0.29) is 18.7 Å². The number of alkyl halides is 6. The molecule has 1 aromatic rings. The molecule has 0 radical (unpaired) electrons. The fourth-order valence-electron chi connectivity index (χ4n) is 3.08. The number of halogens is 8. The second-order valence-electron chi connectivity index (χ2n) is 7.30. The van der Waals surface area contributed by atoms with Crippen LogP contribution in [0, 0.1) is 11.6 Å². The summed E-state index contributed by atoms with van der Waals surface area (Å²) >= 11 is 0. The molecule has 174 valence electrons. The van der Waals surface area contributed by atoms with E-state index in [0.29, 0.717) is 12.8 Å². The van der Waals surface area contributed by atoms with Crippen molar-refractivity contribution in [3.05, 3.63) is 29.8 Å². The van der Waals surface area contributed by atoms with Crippen LogP contribution in [0.2, 0.25) is 0 Å². The van der Waals surface area contributed by atoms with Crippen molar-refractivity contribution in [2.24, 2.45) is 0 Å². The Hall–Kier alpha value is -1.54. The van der Waals surface area contributed by atoms with Gasteiger partial charge in [-0.1, -0.05) is 26.2 Å². The van der Waals surface area contributed by atoms with Crippen LogP contribution in [0.3, 0.4) is 0 Å². The molecule has 1 aromatic carbocycles. The molecule has 0 aromatic heterocycles. The summed E-state index contributed by atoms with van der Waals surface area (Å²) in [7, 11) is 0. The minimum Gasteiger partial charge on any atom is -0.366 e. The molecular formula is C21H29F8N. The maximum atomic E-state index is 14.4. The number of nitrogens with zero attached hydrogens (tertiary/aromatic N) is 1. The van der Waals surface area contributed by atoms with Crippen molar-refractivity contribution in [2.75, 3.05) is 24.7 Å². The predicted molar refractivity (Wildman–Crippen MR) is 102 cm³/mol. The highest BCUT2D eigenvalue weighted by Gasteiger charge is 2.40. The van der Waals surface area contributed by atoms with Crippen LogP contribution in [0.25, 0.3) is 0 Å². The summed E-state index contributed by atoms with van der Waals surface area (Å²) in [6.07, 6.45) is -12.3. The molecule has 0 aliphatic rings. The smallest absolute Gasteiger partial charge is 0.168 e. The summed E-state index contributed by atoms with van der Waals surface area (Å²) < 4.78 is 110. The average Bonchev–Trinajstić information content (AvgIpc) is 2.74. The number of unbranched alkanes of at least 4 members (excludes halogenated alkanes) is 3. The van der Waals surface area contributed by atoms with E-state index in [0.717, 1.165) is 35.9 Å². The highest BCUT2D eigenvalue weighted by atomic mass is 19.2. The first-order valence-corrected chi connectivity index (χ1v) is 10.2. The van der Waals surface area contributed by atoms with Gasteiger partial charge in [0.2, 0.25) is 0 Å². The van der Waals surface area contributed by atoms with Gasteiger partial charge in [-0.3, -0.25) is 4.39 Å². The minimum absolute atomic E-state index is 0.0474. The van der Waals surface area contributed by atoms with Gasteiger partial charge in [-0.2, -0.15) is 0 Å². The zero-order valence-corrected chi connectivity index (χ0v) is 17.0. The van der Waals surface area contributed by atoms with Crippen molar-refractivity contribution in [3.8, 4) is 0 Å². The second kappa shape index (κ2) is 13.7. The Morgan fingerprint density at radius 2 is 1.50 bits per heavy atom. The van der Waals surface area contributed by atoms with Crippen LogP contribution in [0.4, 0.5) is 40.8 Å². The lowest BCUT2D eigenvalue weighted by atomic mass is 10.0. The molecule has 0 saturated heterocycles. The summed E-state index contributed by atoms with van der Waals surface area (Å²) in [5.41, 5.74) is -0.320. The van der Waals surface area contributed by atoms with Crippen molar-refractivity contribution < 1.29 is 35.1 Å². The molecule has 9 heteroatoms. The van der Waals surface area contributed by atoms with Crippen LogP contribution < -0.4 is 4.90 Å². The van der Waals surface area contributed by atoms with Gasteiger partial charge in [-0.05, 0) is 31.4 Å². The summed E-state index contributed by atoms with van der Waals surface area (Å²) in [6.45, 7) is 0.199. The van der Waals surface area contributed by atoms with E-state index in [1.807, 2.05) is 6.92 Å². The first kappa shape index (κ1) is 26.5. The van der Waals surface area contributed by atoms with Crippen molar-refractivity contribution in [1.29, 1.82) is 0 Å². The quantitative estimate of drug-likeness (QED) is 0.211. The van der Waals surface area contributed by atoms with Crippen LogP contribution in [0.15, 0.2) is 18.2 Å². The number of rotatable bonds is 15. The molecule has 1 rings (SSSR count). The Bertz CT molecular complexity index is 602. The molecule has 0 aliphatic carbocycles. The van der Waals surface area contributed by atoms with Gasteiger partial charge in [0.1, 0.15) is 17.8 Å². The minimum atomic E-state index is -3.10. The first-order valence-electron chi connectivity index (χ1n) is 10.2. The van der Waals surface area contributed by atoms with Crippen molar-refractivity contribution >= 4 is 5.69 Å². The second-order valence-corrected chi connectivity index (χ2v) is 7.30. The van der Waals surface area contributed by atoms with Gasteiger partial charge in [0.25, 0.3) is 0 Å². The van der Waals surface area contributed by atoms with Crippen LogP contribution >= 0.6 is 0 Å². The van der Waals surface area contributed by atoms with Gasteiger partial charge in [-0.25, -0.2) is 30.7 Å². The Morgan fingerprint density at radius 3 is 2.13 bits per heavy atom. The van der Waals surface area contributed by atoms with Crippen LogP contribution in [-0.2, 0) is 0 Å². The molecule has 0 N–H and O–H groups in total. The Morgan fingerprint density at radius 1 is 0.833 bits per heavy atom. The van der Waals surface area contributed by atoms with E-state index < -0.39 is 62.1 Å². The summed E-state index contributed by atoms with van der Waals surface area (Å²) in [5, 5.41) is 0. The van der Waals surface area contributed by atoms with Crippen LogP contribution in [0.1, 0.15) is 45.4 Å². The third-order valence-corrected chi connectivity index (χ3v) is 4.84. The van der Waals surface area contributed by atoms with Crippen LogP contribution in [-0.4, -0.2) is 50.6 Å². The fourth-order valence-corrected chi connectivity index (χ4v) is 3.08. The summed E-state index contributed by atoms with van der Waals surface area (Å²) in [6, 6.07) is 2.51. The fraction of sp³-hybridized carbons (Fsp3) is 0.714. The van der Waals surface area contributed by atoms with Crippen LogP contribution in [0.5, 0.6) is 0 Å². The zero-order chi connectivity index (χ0) is 22.7. The Kier molecular flexibility index (Phi) is 12.1. The number of hydrogen-bond donors (Lipinski definition) is 0. The SMILES string of the molecule is CCCCCCN(CC(F)C(F)C(F)C(F)C(F)CCCF)c1cc(F)ccc1F. The van der Waals surface area contributed by atoms with Crippen molar-refractivity contribution in [2.45, 2.75) is 76.3 Å². The molecule has 0 heterocycles. The maximum absolute atomic E-state index is 14.4. The highest BCUT2D eigenvalue weighted by Crippen LogP contribution is 2.27. The highest BCUT2D eigenvalue weighted by molar-refractivity contribution is 5.48. The lowest BCUT2D eigenvalue weighted by molar-refractivity contribution is 0.000446. The molecular weight excluding hydrogens is 418 g/mol. The molecule has 0 fully saturated rings. The lowest BCUT2D eigenvalue weighted by Crippen LogP contribution is -2.44. The normalized spacial score (nSPS) is 16.7. The first-order chi connectivity index (χ1) is 14.2. The van der Waals surface area contributed by atoms with E-state index in [2.05, 4.69) is 0 Å². The molecule has 0 amide bonds. The predicted octanol–water partition coefficient (Wildman–Crippen LogP) is 6.79. The van der Waals surface area contributed by atoms with Gasteiger partial charge in [-0.15, -0.1) is 0 Å². The zero-order valence-electron chi connectivity index (χ0n) is 17.0. The third kappa shape index (κ3) is 8.30.